The van der Waals surface area contributed by atoms with E-state index in [9.17, 15) is 0 Å². The Labute approximate surface area is 114 Å². The Morgan fingerprint density at radius 3 is 2.63 bits per heavy atom. The van der Waals surface area contributed by atoms with Gasteiger partial charge in [-0.15, -0.1) is 0 Å². The molecular weight excluding hydrogens is 238 g/mol. The van der Waals surface area contributed by atoms with Gasteiger partial charge < -0.3 is 14.9 Å². The predicted octanol–water partition coefficient (Wildman–Crippen LogP) is 3.84. The zero-order valence-electron chi connectivity index (χ0n) is 12.0. The molecule has 3 heteroatoms. The highest BCUT2D eigenvalue weighted by molar-refractivity contribution is 5.82. The van der Waals surface area contributed by atoms with Gasteiger partial charge in [-0.1, -0.05) is 39.0 Å². The van der Waals surface area contributed by atoms with Gasteiger partial charge in [0, 0.05) is 24.1 Å². The van der Waals surface area contributed by atoms with Crippen molar-refractivity contribution in [2.45, 2.75) is 40.3 Å². The summed E-state index contributed by atoms with van der Waals surface area (Å²) in [5.74, 6) is 0.859. The third kappa shape index (κ3) is 3.58. The van der Waals surface area contributed by atoms with Crippen molar-refractivity contribution in [1.29, 1.82) is 0 Å². The van der Waals surface area contributed by atoms with E-state index in [-0.39, 0.29) is 0 Å². The summed E-state index contributed by atoms with van der Waals surface area (Å²) in [5.41, 5.74) is 8.06. The number of ether oxygens (including phenoxy) is 1. The monoisotopic (exact) mass is 261 g/mol. The topological polar surface area (TPSA) is 48.4 Å². The molecule has 1 aromatic heterocycles. The normalized spacial score (nSPS) is 12.2. The summed E-state index contributed by atoms with van der Waals surface area (Å²) in [6, 6.07) is 7.98. The second-order valence-electron chi connectivity index (χ2n) is 6.07. The molecule has 1 heterocycles. The summed E-state index contributed by atoms with van der Waals surface area (Å²) in [6.45, 7) is 8.35. The molecule has 0 saturated heterocycles. The van der Waals surface area contributed by atoms with Crippen molar-refractivity contribution in [3.05, 3.63) is 35.6 Å². The third-order valence-corrected chi connectivity index (χ3v) is 3.22. The molecule has 3 nitrogen and oxygen atoms in total. The molecule has 2 N–H and O–H groups in total. The Morgan fingerprint density at radius 2 is 1.95 bits per heavy atom. The molecule has 0 aliphatic heterocycles. The third-order valence-electron chi connectivity index (χ3n) is 3.22. The Bertz CT molecular complexity index is 537. The molecule has 19 heavy (non-hydrogen) atoms. The van der Waals surface area contributed by atoms with E-state index in [0.29, 0.717) is 18.6 Å². The van der Waals surface area contributed by atoms with Crippen LogP contribution in [0.25, 0.3) is 11.0 Å². The van der Waals surface area contributed by atoms with Gasteiger partial charge in [0.15, 0.2) is 0 Å². The minimum Gasteiger partial charge on any atom is -0.458 e. The van der Waals surface area contributed by atoms with Gasteiger partial charge in [0.05, 0.1) is 0 Å². The van der Waals surface area contributed by atoms with E-state index in [1.165, 1.54) is 0 Å². The first-order chi connectivity index (χ1) is 9.01. The van der Waals surface area contributed by atoms with Crippen molar-refractivity contribution < 1.29 is 9.15 Å². The van der Waals surface area contributed by atoms with E-state index in [2.05, 4.69) is 20.8 Å². The van der Waals surface area contributed by atoms with Crippen LogP contribution in [0.1, 0.15) is 38.5 Å². The lowest BCUT2D eigenvalue weighted by Gasteiger charge is -2.17. The molecule has 0 aliphatic carbocycles. The first-order valence-corrected chi connectivity index (χ1v) is 6.78. The van der Waals surface area contributed by atoms with Gasteiger partial charge in [-0.25, -0.2) is 0 Å². The van der Waals surface area contributed by atoms with E-state index in [0.717, 1.165) is 35.3 Å². The van der Waals surface area contributed by atoms with Gasteiger partial charge >= 0.3 is 0 Å². The molecule has 0 bridgehead atoms. The van der Waals surface area contributed by atoms with Crippen molar-refractivity contribution in [2.75, 3.05) is 6.61 Å². The standard InChI is InChI=1S/C16H23NO2/c1-16(2,3)8-9-18-11-15-13(10-17)12-6-4-5-7-14(12)19-15/h4-7H,8-11,17H2,1-3H3. The molecule has 0 fully saturated rings. The summed E-state index contributed by atoms with van der Waals surface area (Å²) in [7, 11) is 0. The van der Waals surface area contributed by atoms with E-state index >= 15 is 0 Å². The molecule has 104 valence electrons. The fraction of sp³-hybridized carbons (Fsp3) is 0.500. The SMILES string of the molecule is CC(C)(C)CCOCc1oc2ccccc2c1CN. The van der Waals surface area contributed by atoms with Crippen LogP contribution in [0.2, 0.25) is 0 Å². The highest BCUT2D eigenvalue weighted by Gasteiger charge is 2.13. The van der Waals surface area contributed by atoms with Gasteiger partial charge in [0.2, 0.25) is 0 Å². The second kappa shape index (κ2) is 5.76. The number of hydrogen-bond acceptors (Lipinski definition) is 3. The van der Waals surface area contributed by atoms with Gasteiger partial charge in [-0.05, 0) is 17.9 Å². The van der Waals surface area contributed by atoms with Gasteiger partial charge in [-0.2, -0.15) is 0 Å². The average molecular weight is 261 g/mol. The van der Waals surface area contributed by atoms with Crippen LogP contribution < -0.4 is 5.73 Å². The summed E-state index contributed by atoms with van der Waals surface area (Å²) in [5, 5.41) is 1.10. The summed E-state index contributed by atoms with van der Waals surface area (Å²) in [6.07, 6.45) is 1.03. The fourth-order valence-electron chi connectivity index (χ4n) is 2.03. The van der Waals surface area contributed by atoms with Crippen LogP contribution in [0.5, 0.6) is 0 Å². The summed E-state index contributed by atoms with van der Waals surface area (Å²) < 4.78 is 11.5. The number of rotatable bonds is 5. The maximum Gasteiger partial charge on any atom is 0.135 e. The van der Waals surface area contributed by atoms with Gasteiger partial charge in [-0.3, -0.25) is 0 Å². The highest BCUT2D eigenvalue weighted by atomic mass is 16.5. The first kappa shape index (κ1) is 14.1. The second-order valence-corrected chi connectivity index (χ2v) is 6.07. The Balaban J connectivity index is 2.04. The largest absolute Gasteiger partial charge is 0.458 e. The molecule has 2 aromatic rings. The fourth-order valence-corrected chi connectivity index (χ4v) is 2.03. The number of nitrogens with two attached hydrogens (primary N) is 1. The van der Waals surface area contributed by atoms with E-state index < -0.39 is 0 Å². The first-order valence-electron chi connectivity index (χ1n) is 6.78. The molecule has 0 atom stereocenters. The lowest BCUT2D eigenvalue weighted by Crippen LogP contribution is -2.10. The van der Waals surface area contributed by atoms with Crippen LogP contribution in [0.15, 0.2) is 28.7 Å². The van der Waals surface area contributed by atoms with Crippen LogP contribution in [0, 0.1) is 5.41 Å². The summed E-state index contributed by atoms with van der Waals surface area (Å²) >= 11 is 0. The number of furan rings is 1. The molecular formula is C16H23NO2. The molecule has 2 rings (SSSR count). The zero-order valence-corrected chi connectivity index (χ0v) is 12.0. The van der Waals surface area contributed by atoms with Crippen molar-refractivity contribution in [2.24, 2.45) is 11.1 Å². The number of benzene rings is 1. The van der Waals surface area contributed by atoms with Crippen LogP contribution >= 0.6 is 0 Å². The van der Waals surface area contributed by atoms with Crippen molar-refractivity contribution in [3.8, 4) is 0 Å². The molecule has 0 radical (unpaired) electrons. The minimum absolute atomic E-state index is 0.296. The molecule has 0 aliphatic rings. The average Bonchev–Trinajstić information content (AvgIpc) is 2.71. The van der Waals surface area contributed by atoms with Crippen LogP contribution in [-0.2, 0) is 17.9 Å². The smallest absolute Gasteiger partial charge is 0.135 e. The highest BCUT2D eigenvalue weighted by Crippen LogP contribution is 2.26. The van der Waals surface area contributed by atoms with E-state index in [1.807, 2.05) is 24.3 Å². The van der Waals surface area contributed by atoms with Crippen molar-refractivity contribution in [3.63, 3.8) is 0 Å². The number of para-hydroxylation sites is 1. The van der Waals surface area contributed by atoms with Crippen molar-refractivity contribution in [1.82, 2.24) is 0 Å². The van der Waals surface area contributed by atoms with E-state index in [4.69, 9.17) is 14.9 Å². The maximum absolute atomic E-state index is 5.82. The van der Waals surface area contributed by atoms with Gasteiger partial charge in [0.1, 0.15) is 18.0 Å². The Morgan fingerprint density at radius 1 is 1.21 bits per heavy atom. The van der Waals surface area contributed by atoms with Crippen LogP contribution in [-0.4, -0.2) is 6.61 Å². The van der Waals surface area contributed by atoms with Gasteiger partial charge in [0.25, 0.3) is 0 Å². The Kier molecular flexibility index (Phi) is 4.27. The van der Waals surface area contributed by atoms with Crippen LogP contribution in [0.4, 0.5) is 0 Å². The quantitative estimate of drug-likeness (QED) is 0.832. The maximum atomic E-state index is 5.82. The molecule has 1 aromatic carbocycles. The summed E-state index contributed by atoms with van der Waals surface area (Å²) in [4.78, 5) is 0. The number of fused-ring (bicyclic) bond motifs is 1. The minimum atomic E-state index is 0.296. The Hall–Kier alpha value is -1.32. The molecule has 0 saturated carbocycles. The predicted molar refractivity (Wildman–Crippen MR) is 77.8 cm³/mol. The molecule has 0 spiro atoms. The lowest BCUT2D eigenvalue weighted by molar-refractivity contribution is 0.0847. The lowest BCUT2D eigenvalue weighted by atomic mass is 9.93. The molecule has 0 unspecified atom stereocenters. The zero-order chi connectivity index (χ0) is 13.9. The van der Waals surface area contributed by atoms with Crippen LogP contribution in [0.3, 0.4) is 0 Å². The molecule has 0 amide bonds. The van der Waals surface area contributed by atoms with Crippen molar-refractivity contribution >= 4 is 11.0 Å². The number of hydrogen-bond donors (Lipinski definition) is 1. The van der Waals surface area contributed by atoms with E-state index in [1.54, 1.807) is 0 Å².